The van der Waals surface area contributed by atoms with Crippen LogP contribution < -0.4 is 14.9 Å². The van der Waals surface area contributed by atoms with Gasteiger partial charge in [-0.25, -0.2) is 0 Å². The molecule has 4 aromatic carbocycles. The molecule has 0 radical (unpaired) electrons. The van der Waals surface area contributed by atoms with Crippen LogP contribution in [0.5, 0.6) is 11.5 Å². The highest BCUT2D eigenvalue weighted by molar-refractivity contribution is 6.61. The van der Waals surface area contributed by atoms with E-state index in [1.54, 1.807) is 6.92 Å². The predicted molar refractivity (Wildman–Crippen MR) is 153 cm³/mol. The molecule has 6 rings (SSSR count). The standard InChI is InChI=1S/C32H29BO8/c1-18(37-19(2)34)32-16-27-29(28(17-32)40-33(41-32)24-12-6-5-7-13-24)31(39-21(4)36)26-15-23-11-9-8-10-22(23)14-25(26)30(27)38-20(3)35/h5-15,18,28H,16-17H2,1-4H3/t18-,28-,32-/m0/s1. The van der Waals surface area contributed by atoms with E-state index in [9.17, 15) is 14.4 Å². The van der Waals surface area contributed by atoms with Crippen LogP contribution >= 0.6 is 0 Å². The molecule has 8 nitrogen and oxygen atoms in total. The summed E-state index contributed by atoms with van der Waals surface area (Å²) in [6.45, 7) is 5.85. The summed E-state index contributed by atoms with van der Waals surface area (Å²) in [7, 11) is -0.782. The lowest BCUT2D eigenvalue weighted by molar-refractivity contribution is -0.171. The van der Waals surface area contributed by atoms with Gasteiger partial charge < -0.3 is 23.5 Å². The third kappa shape index (κ3) is 4.85. The molecule has 208 valence electrons. The number of esters is 3. The molecule has 0 aromatic heterocycles. The van der Waals surface area contributed by atoms with E-state index in [0.29, 0.717) is 39.8 Å². The Morgan fingerprint density at radius 1 is 0.854 bits per heavy atom. The first kappa shape index (κ1) is 27.0. The van der Waals surface area contributed by atoms with Crippen molar-refractivity contribution in [2.24, 2.45) is 0 Å². The normalized spacial score (nSPS) is 20.3. The summed E-state index contributed by atoms with van der Waals surface area (Å²) in [4.78, 5) is 37.1. The first-order valence-corrected chi connectivity index (χ1v) is 13.6. The van der Waals surface area contributed by atoms with Gasteiger partial charge in [0, 0.05) is 55.5 Å². The average Bonchev–Trinajstić information content (AvgIpc) is 2.93. The molecule has 2 aliphatic rings. The Morgan fingerprint density at radius 2 is 1.44 bits per heavy atom. The Morgan fingerprint density at radius 3 is 2.05 bits per heavy atom. The lowest BCUT2D eigenvalue weighted by Gasteiger charge is -2.50. The Hall–Kier alpha value is -4.21. The van der Waals surface area contributed by atoms with E-state index < -0.39 is 42.8 Å². The van der Waals surface area contributed by atoms with E-state index in [-0.39, 0.29) is 6.42 Å². The molecule has 3 atom stereocenters. The van der Waals surface area contributed by atoms with Crippen LogP contribution in [0.2, 0.25) is 0 Å². The molecule has 4 aromatic rings. The molecule has 1 fully saturated rings. The van der Waals surface area contributed by atoms with Crippen molar-refractivity contribution in [1.29, 1.82) is 0 Å². The lowest BCUT2D eigenvalue weighted by atomic mass is 9.67. The second-order valence-corrected chi connectivity index (χ2v) is 10.7. The van der Waals surface area contributed by atoms with Crippen LogP contribution in [0.25, 0.3) is 21.5 Å². The number of fused-ring (bicyclic) bond motifs is 6. The smallest absolute Gasteiger partial charge is 0.460 e. The van der Waals surface area contributed by atoms with Gasteiger partial charge >= 0.3 is 25.0 Å². The Bertz CT molecular complexity index is 1700. The molecule has 0 amide bonds. The second kappa shape index (κ2) is 10.3. The van der Waals surface area contributed by atoms with Gasteiger partial charge in [0.05, 0.1) is 11.7 Å². The zero-order valence-corrected chi connectivity index (χ0v) is 23.3. The molecule has 0 N–H and O–H groups in total. The monoisotopic (exact) mass is 552 g/mol. The second-order valence-electron chi connectivity index (χ2n) is 10.7. The van der Waals surface area contributed by atoms with Gasteiger partial charge in [0.15, 0.2) is 0 Å². The third-order valence-corrected chi connectivity index (χ3v) is 7.82. The largest absolute Gasteiger partial charge is 0.494 e. The summed E-state index contributed by atoms with van der Waals surface area (Å²) in [6.07, 6.45) is -0.750. The van der Waals surface area contributed by atoms with E-state index in [0.717, 1.165) is 16.2 Å². The van der Waals surface area contributed by atoms with E-state index in [2.05, 4.69) is 0 Å². The molecular weight excluding hydrogens is 523 g/mol. The number of hydrogen-bond acceptors (Lipinski definition) is 8. The minimum atomic E-state index is -1.02. The molecule has 1 aliphatic heterocycles. The number of ether oxygens (including phenoxy) is 3. The van der Waals surface area contributed by atoms with Crippen LogP contribution in [0.4, 0.5) is 0 Å². The van der Waals surface area contributed by atoms with Gasteiger partial charge in [0.1, 0.15) is 17.6 Å². The van der Waals surface area contributed by atoms with Crippen LogP contribution in [-0.2, 0) is 34.9 Å². The van der Waals surface area contributed by atoms with Crippen LogP contribution in [0.1, 0.15) is 51.3 Å². The zero-order chi connectivity index (χ0) is 28.9. The fraction of sp³-hybridized carbons (Fsp3) is 0.281. The van der Waals surface area contributed by atoms with Crippen molar-refractivity contribution in [3.05, 3.63) is 77.9 Å². The van der Waals surface area contributed by atoms with Gasteiger partial charge in [-0.2, -0.15) is 0 Å². The molecule has 0 saturated carbocycles. The fourth-order valence-electron chi connectivity index (χ4n) is 6.12. The number of rotatable bonds is 5. The van der Waals surface area contributed by atoms with Crippen molar-refractivity contribution in [2.45, 2.75) is 58.3 Å². The fourth-order valence-corrected chi connectivity index (χ4v) is 6.12. The van der Waals surface area contributed by atoms with Crippen LogP contribution in [-0.4, -0.2) is 36.7 Å². The summed E-state index contributed by atoms with van der Waals surface area (Å²) in [5.41, 5.74) is 1.01. The van der Waals surface area contributed by atoms with E-state index in [1.807, 2.05) is 66.7 Å². The average molecular weight is 552 g/mol. The maximum Gasteiger partial charge on any atom is 0.494 e. The zero-order valence-electron chi connectivity index (χ0n) is 23.3. The SMILES string of the molecule is CC(=O)Oc1c2c(c(OC(C)=O)c3cc4ccccc4cc13)[C@@H]1C[C@]([C@H](C)OC(C)=O)(C2)OB(c2ccccc2)O1. The molecule has 1 aliphatic carbocycles. The highest BCUT2D eigenvalue weighted by Gasteiger charge is 2.55. The molecular formula is C32H29BO8. The van der Waals surface area contributed by atoms with Crippen molar-refractivity contribution < 1.29 is 37.9 Å². The van der Waals surface area contributed by atoms with Crippen LogP contribution in [0.15, 0.2) is 66.7 Å². The van der Waals surface area contributed by atoms with Gasteiger partial charge in [0.25, 0.3) is 0 Å². The maximum atomic E-state index is 12.5. The van der Waals surface area contributed by atoms with Gasteiger partial charge in [-0.05, 0) is 35.3 Å². The number of carbonyl (C=O) groups excluding carboxylic acids is 3. The Balaban J connectivity index is 1.66. The minimum Gasteiger partial charge on any atom is -0.460 e. The van der Waals surface area contributed by atoms with Gasteiger partial charge in [-0.1, -0.05) is 54.6 Å². The van der Waals surface area contributed by atoms with Gasteiger partial charge in [0.2, 0.25) is 0 Å². The first-order chi connectivity index (χ1) is 19.6. The van der Waals surface area contributed by atoms with E-state index in [4.69, 9.17) is 23.5 Å². The Labute approximate surface area is 237 Å². The predicted octanol–water partition coefficient (Wildman–Crippen LogP) is 4.96. The summed E-state index contributed by atoms with van der Waals surface area (Å²) >= 11 is 0. The lowest BCUT2D eigenvalue weighted by Crippen LogP contribution is -2.60. The minimum absolute atomic E-state index is 0.222. The summed E-state index contributed by atoms with van der Waals surface area (Å²) < 4.78 is 30.8. The molecule has 1 saturated heterocycles. The third-order valence-electron chi connectivity index (χ3n) is 7.82. The molecule has 41 heavy (non-hydrogen) atoms. The topological polar surface area (TPSA) is 97.4 Å². The van der Waals surface area contributed by atoms with Crippen molar-refractivity contribution in [3.8, 4) is 11.5 Å². The highest BCUT2D eigenvalue weighted by Crippen LogP contribution is 2.55. The van der Waals surface area contributed by atoms with Crippen LogP contribution in [0.3, 0.4) is 0 Å². The molecule has 2 bridgehead atoms. The number of carbonyl (C=O) groups is 3. The molecule has 0 unspecified atom stereocenters. The van der Waals surface area contributed by atoms with Crippen molar-refractivity contribution in [1.82, 2.24) is 0 Å². The Kier molecular flexibility index (Phi) is 6.79. The van der Waals surface area contributed by atoms with Crippen molar-refractivity contribution in [2.75, 3.05) is 0 Å². The first-order valence-electron chi connectivity index (χ1n) is 13.6. The quantitative estimate of drug-likeness (QED) is 0.148. The van der Waals surface area contributed by atoms with E-state index in [1.165, 1.54) is 20.8 Å². The van der Waals surface area contributed by atoms with Gasteiger partial charge in [-0.3, -0.25) is 14.4 Å². The number of benzene rings is 4. The molecule has 9 heteroatoms. The molecule has 0 spiro atoms. The van der Waals surface area contributed by atoms with Gasteiger partial charge in [-0.15, -0.1) is 0 Å². The molecule has 1 heterocycles. The highest BCUT2D eigenvalue weighted by atomic mass is 16.6. The summed E-state index contributed by atoms with van der Waals surface area (Å²) in [6, 6.07) is 21.2. The number of hydrogen-bond donors (Lipinski definition) is 0. The van der Waals surface area contributed by atoms with Crippen molar-refractivity contribution in [3.63, 3.8) is 0 Å². The van der Waals surface area contributed by atoms with Crippen molar-refractivity contribution >= 4 is 52.0 Å². The maximum absolute atomic E-state index is 12.5. The van der Waals surface area contributed by atoms with Crippen LogP contribution in [0, 0.1) is 0 Å². The summed E-state index contributed by atoms with van der Waals surface area (Å²) in [5, 5.41) is 3.10. The summed E-state index contributed by atoms with van der Waals surface area (Å²) in [5.74, 6) is -0.719. The van der Waals surface area contributed by atoms with E-state index >= 15 is 0 Å².